The number of aromatic nitrogens is 2. The molecular weight excluding hydrogens is 540 g/mol. The quantitative estimate of drug-likeness (QED) is 0.235. The summed E-state index contributed by atoms with van der Waals surface area (Å²) in [6, 6.07) is 20.8. The molecule has 2 heterocycles. The Labute approximate surface area is 245 Å². The zero-order valence-corrected chi connectivity index (χ0v) is 24.6. The molecule has 4 aromatic rings. The summed E-state index contributed by atoms with van der Waals surface area (Å²) in [7, 11) is 1.60. The van der Waals surface area contributed by atoms with Crippen LogP contribution < -0.4 is 14.8 Å². The van der Waals surface area contributed by atoms with E-state index in [2.05, 4.69) is 53.3 Å². The normalized spacial score (nSPS) is 14.6. The van der Waals surface area contributed by atoms with E-state index in [1.807, 2.05) is 30.3 Å². The fraction of sp³-hybridized carbons (Fsp3) is 0.344. The summed E-state index contributed by atoms with van der Waals surface area (Å²) in [6.07, 6.45) is 1.43. The maximum absolute atomic E-state index is 13.2. The molecule has 1 amide bonds. The van der Waals surface area contributed by atoms with Crippen molar-refractivity contribution in [3.8, 4) is 28.6 Å². The summed E-state index contributed by atoms with van der Waals surface area (Å²) in [5, 5.41) is 7.72. The number of methoxy groups -OCH3 is 1. The summed E-state index contributed by atoms with van der Waals surface area (Å²) in [5.74, 6) is 2.76. The Morgan fingerprint density at radius 2 is 1.78 bits per heavy atom. The molecule has 8 nitrogen and oxygen atoms in total. The highest BCUT2D eigenvalue weighted by Crippen LogP contribution is 2.34. The van der Waals surface area contributed by atoms with Gasteiger partial charge in [0.05, 0.1) is 19.3 Å². The van der Waals surface area contributed by atoms with E-state index < -0.39 is 0 Å². The maximum Gasteiger partial charge on any atom is 0.241 e. The van der Waals surface area contributed by atoms with Crippen molar-refractivity contribution in [3.05, 3.63) is 83.2 Å². The summed E-state index contributed by atoms with van der Waals surface area (Å²) in [6.45, 7) is 8.61. The third kappa shape index (κ3) is 7.26. The summed E-state index contributed by atoms with van der Waals surface area (Å²) < 4.78 is 16.9. The number of hydrogen-bond donors (Lipinski definition) is 1. The van der Waals surface area contributed by atoms with Gasteiger partial charge in [0.2, 0.25) is 17.6 Å². The van der Waals surface area contributed by atoms with Gasteiger partial charge in [0.25, 0.3) is 0 Å². The van der Waals surface area contributed by atoms with Gasteiger partial charge in [0.15, 0.2) is 5.75 Å². The van der Waals surface area contributed by atoms with Crippen LogP contribution in [0.3, 0.4) is 0 Å². The number of anilines is 1. The van der Waals surface area contributed by atoms with Crippen molar-refractivity contribution in [3.63, 3.8) is 0 Å². The molecule has 1 aliphatic heterocycles. The van der Waals surface area contributed by atoms with E-state index in [1.54, 1.807) is 31.4 Å². The molecule has 0 spiro atoms. The van der Waals surface area contributed by atoms with Crippen molar-refractivity contribution in [2.45, 2.75) is 45.6 Å². The number of halogens is 1. The highest BCUT2D eigenvalue weighted by molar-refractivity contribution is 6.31. The standard InChI is InChI=1S/C32H35ClN4O4/c1-32(2,3)23-10-8-21(9-11-23)30-35-29(41-36-30)20-37-16-14-22(15-17-37)31(38)34-27-18-24(33)12-13-28(27)40-26-7-5-6-25(19-26)39-4/h5-13,18-19,22H,14-17,20H2,1-4H3,(H,34,38). The zero-order valence-electron chi connectivity index (χ0n) is 23.8. The first-order chi connectivity index (χ1) is 19.7. The SMILES string of the molecule is COc1cccc(Oc2ccc(Cl)cc2NC(=O)C2CCN(Cc3nc(-c4ccc(C(C)(C)C)cc4)no3)CC2)c1. The second kappa shape index (κ2) is 12.3. The van der Waals surface area contributed by atoms with Crippen LogP contribution in [0.5, 0.6) is 17.2 Å². The lowest BCUT2D eigenvalue weighted by Crippen LogP contribution is -2.37. The molecule has 1 saturated heterocycles. The third-order valence-electron chi connectivity index (χ3n) is 7.26. The van der Waals surface area contributed by atoms with Crippen LogP contribution in [-0.2, 0) is 16.8 Å². The number of amides is 1. The molecule has 1 N–H and O–H groups in total. The van der Waals surface area contributed by atoms with Crippen molar-refractivity contribution < 1.29 is 18.8 Å². The van der Waals surface area contributed by atoms with Gasteiger partial charge in [-0.25, -0.2) is 0 Å². The molecule has 41 heavy (non-hydrogen) atoms. The van der Waals surface area contributed by atoms with E-state index in [1.165, 1.54) is 5.56 Å². The van der Waals surface area contributed by atoms with Crippen LogP contribution >= 0.6 is 11.6 Å². The molecule has 0 saturated carbocycles. The topological polar surface area (TPSA) is 89.7 Å². The van der Waals surface area contributed by atoms with Crippen LogP contribution in [0, 0.1) is 5.92 Å². The first kappa shape index (κ1) is 28.6. The van der Waals surface area contributed by atoms with E-state index in [0.717, 1.165) is 18.7 Å². The monoisotopic (exact) mass is 574 g/mol. The fourth-order valence-electron chi connectivity index (χ4n) is 4.82. The van der Waals surface area contributed by atoms with Gasteiger partial charge >= 0.3 is 0 Å². The van der Waals surface area contributed by atoms with Gasteiger partial charge in [-0.1, -0.05) is 67.9 Å². The number of hydrogen-bond acceptors (Lipinski definition) is 7. The molecule has 9 heteroatoms. The number of nitrogens with one attached hydrogen (secondary N) is 1. The lowest BCUT2D eigenvalue weighted by Gasteiger charge is -2.30. The number of likely N-dealkylation sites (tertiary alicyclic amines) is 1. The van der Waals surface area contributed by atoms with E-state index in [-0.39, 0.29) is 17.2 Å². The molecule has 0 unspecified atom stereocenters. The second-order valence-corrected chi connectivity index (χ2v) is 11.7. The van der Waals surface area contributed by atoms with Crippen molar-refractivity contribution in [1.82, 2.24) is 15.0 Å². The van der Waals surface area contributed by atoms with E-state index in [4.69, 9.17) is 25.6 Å². The molecule has 214 valence electrons. The largest absolute Gasteiger partial charge is 0.497 e. The van der Waals surface area contributed by atoms with E-state index >= 15 is 0 Å². The van der Waals surface area contributed by atoms with Crippen molar-refractivity contribution in [2.24, 2.45) is 5.92 Å². The number of nitrogens with zero attached hydrogens (tertiary/aromatic N) is 3. The molecule has 1 fully saturated rings. The average molecular weight is 575 g/mol. The number of benzene rings is 3. The third-order valence-corrected chi connectivity index (χ3v) is 7.50. The number of carbonyl (C=O) groups excluding carboxylic acids is 1. The van der Waals surface area contributed by atoms with Crippen LogP contribution in [0.25, 0.3) is 11.4 Å². The molecule has 1 aromatic heterocycles. The lowest BCUT2D eigenvalue weighted by atomic mass is 9.87. The molecular formula is C32H35ClN4O4. The predicted octanol–water partition coefficient (Wildman–Crippen LogP) is 7.34. The Hall–Kier alpha value is -3.88. The van der Waals surface area contributed by atoms with Crippen molar-refractivity contribution >= 4 is 23.2 Å². The molecule has 0 aliphatic carbocycles. The first-order valence-electron chi connectivity index (χ1n) is 13.8. The number of rotatable bonds is 8. The van der Waals surface area contributed by atoms with Gasteiger partial charge in [0.1, 0.15) is 11.5 Å². The molecule has 3 aromatic carbocycles. The number of piperidine rings is 1. The van der Waals surface area contributed by atoms with Crippen LogP contribution in [0.1, 0.15) is 45.1 Å². The van der Waals surface area contributed by atoms with Crippen LogP contribution in [0.15, 0.2) is 71.3 Å². The van der Waals surface area contributed by atoms with E-state index in [9.17, 15) is 4.79 Å². The Morgan fingerprint density at radius 3 is 2.49 bits per heavy atom. The minimum atomic E-state index is -0.130. The average Bonchev–Trinajstić information content (AvgIpc) is 3.43. The summed E-state index contributed by atoms with van der Waals surface area (Å²) >= 11 is 6.25. The predicted molar refractivity (Wildman–Crippen MR) is 160 cm³/mol. The van der Waals surface area contributed by atoms with Crippen LogP contribution in [0.4, 0.5) is 5.69 Å². The Bertz CT molecular complexity index is 1490. The van der Waals surface area contributed by atoms with Gasteiger partial charge in [0, 0.05) is 22.6 Å². The molecule has 1 aliphatic rings. The second-order valence-electron chi connectivity index (χ2n) is 11.3. The van der Waals surface area contributed by atoms with Gasteiger partial charge in [-0.3, -0.25) is 9.69 Å². The Kier molecular flexibility index (Phi) is 8.61. The highest BCUT2D eigenvalue weighted by atomic mass is 35.5. The summed E-state index contributed by atoms with van der Waals surface area (Å²) in [5.41, 5.74) is 2.80. The Morgan fingerprint density at radius 1 is 1.05 bits per heavy atom. The Balaban J connectivity index is 1.16. The van der Waals surface area contributed by atoms with Crippen molar-refractivity contribution in [1.29, 1.82) is 0 Å². The molecule has 0 atom stereocenters. The number of carbonyl (C=O) groups is 1. The first-order valence-corrected chi connectivity index (χ1v) is 14.1. The number of ether oxygens (including phenoxy) is 2. The van der Waals surface area contributed by atoms with Gasteiger partial charge in [-0.05, 0) is 67.2 Å². The molecule has 0 bridgehead atoms. The summed E-state index contributed by atoms with van der Waals surface area (Å²) in [4.78, 5) is 20.0. The smallest absolute Gasteiger partial charge is 0.241 e. The van der Waals surface area contributed by atoms with Crippen LogP contribution in [0.2, 0.25) is 5.02 Å². The van der Waals surface area contributed by atoms with Gasteiger partial charge in [-0.2, -0.15) is 4.98 Å². The fourth-order valence-corrected chi connectivity index (χ4v) is 4.99. The maximum atomic E-state index is 13.2. The lowest BCUT2D eigenvalue weighted by molar-refractivity contribution is -0.121. The molecule has 5 rings (SSSR count). The highest BCUT2D eigenvalue weighted by Gasteiger charge is 2.27. The minimum Gasteiger partial charge on any atom is -0.497 e. The minimum absolute atomic E-state index is 0.0545. The van der Waals surface area contributed by atoms with Crippen molar-refractivity contribution in [2.75, 3.05) is 25.5 Å². The van der Waals surface area contributed by atoms with Gasteiger partial charge < -0.3 is 19.3 Å². The van der Waals surface area contributed by atoms with Crippen LogP contribution in [-0.4, -0.2) is 41.1 Å². The van der Waals surface area contributed by atoms with Gasteiger partial charge in [-0.15, -0.1) is 0 Å². The van der Waals surface area contributed by atoms with E-state index in [0.29, 0.717) is 59.1 Å². The molecule has 0 radical (unpaired) electrons. The zero-order chi connectivity index (χ0) is 29.0.